The lowest BCUT2D eigenvalue weighted by Gasteiger charge is -2.11. The van der Waals surface area contributed by atoms with Crippen LogP contribution in [-0.2, 0) is 19.1 Å². The first-order valence-corrected chi connectivity index (χ1v) is 5.82. The van der Waals surface area contributed by atoms with Crippen molar-refractivity contribution in [2.45, 2.75) is 19.3 Å². The van der Waals surface area contributed by atoms with E-state index in [0.29, 0.717) is 13.2 Å². The Labute approximate surface area is 106 Å². The van der Waals surface area contributed by atoms with Crippen LogP contribution in [0.5, 0.6) is 0 Å². The largest absolute Gasteiger partial charge is 0.481 e. The molecule has 2 atom stereocenters. The summed E-state index contributed by atoms with van der Waals surface area (Å²) in [4.78, 5) is 20.5. The summed E-state index contributed by atoms with van der Waals surface area (Å²) in [5.74, 6) is -1.62. The van der Waals surface area contributed by atoms with Crippen LogP contribution in [-0.4, -0.2) is 48.6 Å². The lowest BCUT2D eigenvalue weighted by atomic mass is 10.1. The van der Waals surface area contributed by atoms with Crippen LogP contribution >= 0.6 is 0 Å². The van der Waals surface area contributed by atoms with Crippen LogP contribution < -0.4 is 0 Å². The van der Waals surface area contributed by atoms with Crippen molar-refractivity contribution in [1.29, 1.82) is 0 Å². The molecule has 0 aromatic carbocycles. The molecule has 102 valence electrons. The molecule has 0 saturated heterocycles. The van der Waals surface area contributed by atoms with Crippen molar-refractivity contribution in [3.8, 4) is 0 Å². The molecule has 0 amide bonds. The van der Waals surface area contributed by atoms with Crippen molar-refractivity contribution in [1.82, 2.24) is 0 Å². The molecule has 1 aliphatic carbocycles. The predicted octanol–water partition coefficient (Wildman–Crippen LogP) is 0.686. The molecule has 1 saturated carbocycles. The molecule has 0 bridgehead atoms. The van der Waals surface area contributed by atoms with Crippen LogP contribution in [0, 0.1) is 18.3 Å². The summed E-state index contributed by atoms with van der Waals surface area (Å²) >= 11 is 0. The fraction of sp³-hybridized carbons (Fsp3) is 0.750. The first-order chi connectivity index (χ1) is 8.44. The van der Waals surface area contributed by atoms with E-state index in [2.05, 4.69) is 0 Å². The van der Waals surface area contributed by atoms with E-state index in [0.717, 1.165) is 6.42 Å². The fourth-order valence-corrected chi connectivity index (χ4v) is 1.61. The van der Waals surface area contributed by atoms with E-state index in [9.17, 15) is 9.59 Å². The third-order valence-corrected chi connectivity index (χ3v) is 2.89. The number of aliphatic carboxylic acids is 2. The fourth-order valence-electron chi connectivity index (χ4n) is 1.61. The minimum absolute atomic E-state index is 0.0145. The number of hydrogen-bond acceptors (Lipinski definition) is 4. The van der Waals surface area contributed by atoms with Gasteiger partial charge in [0.2, 0.25) is 0 Å². The van der Waals surface area contributed by atoms with Gasteiger partial charge in [0.05, 0.1) is 39.3 Å². The molecule has 2 N–H and O–H groups in total. The summed E-state index contributed by atoms with van der Waals surface area (Å²) in [6.07, 6.45) is 0.711. The molecule has 6 heteroatoms. The molecule has 0 heterocycles. The summed E-state index contributed by atoms with van der Waals surface area (Å²) in [7, 11) is 0. The van der Waals surface area contributed by atoms with Crippen LogP contribution in [0.1, 0.15) is 19.3 Å². The Balaban J connectivity index is 2.02. The molecule has 18 heavy (non-hydrogen) atoms. The van der Waals surface area contributed by atoms with Gasteiger partial charge < -0.3 is 19.7 Å². The van der Waals surface area contributed by atoms with Gasteiger partial charge >= 0.3 is 11.9 Å². The zero-order chi connectivity index (χ0) is 13.6. The zero-order valence-corrected chi connectivity index (χ0v) is 10.1. The van der Waals surface area contributed by atoms with E-state index in [-0.39, 0.29) is 32.0 Å². The molecule has 1 aliphatic rings. The van der Waals surface area contributed by atoms with Gasteiger partial charge in [0.15, 0.2) is 0 Å². The van der Waals surface area contributed by atoms with Gasteiger partial charge in [0.1, 0.15) is 0 Å². The van der Waals surface area contributed by atoms with Crippen LogP contribution in [0.4, 0.5) is 0 Å². The molecular formula is C12H18O6. The Bertz CT molecular complexity index is 303. The third kappa shape index (κ3) is 5.46. The van der Waals surface area contributed by atoms with E-state index < -0.39 is 17.4 Å². The highest BCUT2D eigenvalue weighted by molar-refractivity contribution is 5.67. The smallest absolute Gasteiger partial charge is 0.305 e. The average Bonchev–Trinajstić information content (AvgIpc) is 2.91. The van der Waals surface area contributed by atoms with Gasteiger partial charge in [-0.3, -0.25) is 9.59 Å². The maximum Gasteiger partial charge on any atom is 0.305 e. The number of ether oxygens (including phenoxy) is 2. The Morgan fingerprint density at radius 1 is 1.17 bits per heavy atom. The van der Waals surface area contributed by atoms with Crippen molar-refractivity contribution in [2.75, 3.05) is 26.4 Å². The van der Waals surface area contributed by atoms with Gasteiger partial charge in [-0.1, -0.05) is 0 Å². The molecule has 0 aliphatic heterocycles. The number of carboxylic acid groups (broad SMARTS) is 2. The van der Waals surface area contributed by atoms with E-state index in [4.69, 9.17) is 26.6 Å². The molecule has 2 unspecified atom stereocenters. The van der Waals surface area contributed by atoms with Crippen molar-refractivity contribution in [3.63, 3.8) is 0 Å². The molecule has 1 fully saturated rings. The minimum atomic E-state index is -0.898. The quantitative estimate of drug-likeness (QED) is 0.560. The highest BCUT2D eigenvalue weighted by Crippen LogP contribution is 2.51. The molecule has 0 aromatic rings. The molecule has 0 spiro atoms. The van der Waals surface area contributed by atoms with Gasteiger partial charge in [-0.2, -0.15) is 0 Å². The monoisotopic (exact) mass is 258 g/mol. The predicted molar refractivity (Wildman–Crippen MR) is 61.0 cm³/mol. The van der Waals surface area contributed by atoms with Crippen LogP contribution in [0.2, 0.25) is 0 Å². The second kappa shape index (κ2) is 6.70. The van der Waals surface area contributed by atoms with Gasteiger partial charge in [0, 0.05) is 5.41 Å². The maximum absolute atomic E-state index is 10.3. The van der Waals surface area contributed by atoms with Crippen molar-refractivity contribution < 1.29 is 29.3 Å². The number of rotatable bonds is 10. The normalized spacial score (nSPS) is 25.9. The van der Waals surface area contributed by atoms with Crippen molar-refractivity contribution in [2.24, 2.45) is 11.3 Å². The summed E-state index contributed by atoms with van der Waals surface area (Å²) in [5.41, 5.74) is -0.443. The highest BCUT2D eigenvalue weighted by atomic mass is 16.5. The second-order valence-electron chi connectivity index (χ2n) is 4.55. The molecule has 2 radical (unpaired) electrons. The lowest BCUT2D eigenvalue weighted by molar-refractivity contribution is -0.139. The Hall–Kier alpha value is -1.14. The van der Waals surface area contributed by atoms with Gasteiger partial charge in [-0.25, -0.2) is 0 Å². The maximum atomic E-state index is 10.3. The summed E-state index contributed by atoms with van der Waals surface area (Å²) < 4.78 is 10.4. The SMILES string of the molecule is [CH]C1(COCCC(=O)O)CC1COCCC(=O)O. The zero-order valence-electron chi connectivity index (χ0n) is 10.1. The molecule has 6 nitrogen and oxygen atoms in total. The highest BCUT2D eigenvalue weighted by Gasteiger charge is 2.50. The lowest BCUT2D eigenvalue weighted by Crippen LogP contribution is -2.14. The number of hydrogen-bond donors (Lipinski definition) is 2. The summed E-state index contributed by atoms with van der Waals surface area (Å²) in [5, 5.41) is 16.8. The van der Waals surface area contributed by atoms with Crippen LogP contribution in [0.3, 0.4) is 0 Å². The topological polar surface area (TPSA) is 93.1 Å². The van der Waals surface area contributed by atoms with Gasteiger partial charge in [-0.05, 0) is 19.3 Å². The van der Waals surface area contributed by atoms with E-state index in [1.807, 2.05) is 0 Å². The Morgan fingerprint density at radius 2 is 1.72 bits per heavy atom. The van der Waals surface area contributed by atoms with Crippen molar-refractivity contribution >= 4 is 11.9 Å². The first kappa shape index (κ1) is 14.9. The second-order valence-corrected chi connectivity index (χ2v) is 4.55. The molecule has 0 aromatic heterocycles. The van der Waals surface area contributed by atoms with Gasteiger partial charge in [0.25, 0.3) is 0 Å². The third-order valence-electron chi connectivity index (χ3n) is 2.89. The number of carbonyl (C=O) groups is 2. The molecular weight excluding hydrogens is 240 g/mol. The first-order valence-electron chi connectivity index (χ1n) is 5.82. The van der Waals surface area contributed by atoms with Crippen LogP contribution in [0.25, 0.3) is 0 Å². The van der Waals surface area contributed by atoms with E-state index in [1.54, 1.807) is 0 Å². The minimum Gasteiger partial charge on any atom is -0.481 e. The van der Waals surface area contributed by atoms with Crippen molar-refractivity contribution in [3.05, 3.63) is 6.92 Å². The van der Waals surface area contributed by atoms with Gasteiger partial charge in [-0.15, -0.1) is 0 Å². The Kier molecular flexibility index (Phi) is 5.55. The van der Waals surface area contributed by atoms with Crippen LogP contribution in [0.15, 0.2) is 0 Å². The van der Waals surface area contributed by atoms with E-state index >= 15 is 0 Å². The number of carboxylic acids is 2. The average molecular weight is 258 g/mol. The summed E-state index contributed by atoms with van der Waals surface area (Å²) in [6.45, 7) is 7.05. The Morgan fingerprint density at radius 3 is 2.28 bits per heavy atom. The molecule has 1 rings (SSSR count). The van der Waals surface area contributed by atoms with E-state index in [1.165, 1.54) is 0 Å². The standard InChI is InChI=1S/C12H18O6/c1-12(8-18-5-3-11(15)16)6-9(12)7-17-4-2-10(13)14/h1,9H,2-8H2,(H,13,14)(H,15,16). The summed E-state index contributed by atoms with van der Waals surface area (Å²) in [6, 6.07) is 0.